The van der Waals surface area contributed by atoms with Crippen molar-refractivity contribution in [1.29, 1.82) is 0 Å². The van der Waals surface area contributed by atoms with Crippen LogP contribution in [-0.2, 0) is 4.79 Å². The fourth-order valence-corrected chi connectivity index (χ4v) is 1.18. The summed E-state index contributed by atoms with van der Waals surface area (Å²) >= 11 is 5.57. The summed E-state index contributed by atoms with van der Waals surface area (Å²) < 4.78 is 0. The molecule has 0 fully saturated rings. The maximum Gasteiger partial charge on any atom is 0.229 e. The second-order valence-corrected chi connectivity index (χ2v) is 3.34. The van der Waals surface area contributed by atoms with Gasteiger partial charge in [0.25, 0.3) is 0 Å². The second kappa shape index (κ2) is 8.01. The first-order valence-electron chi connectivity index (χ1n) is 3.37. The van der Waals surface area contributed by atoms with Gasteiger partial charge < -0.3 is 5.32 Å². The van der Waals surface area contributed by atoms with Crippen LogP contribution in [0.2, 0.25) is 0 Å². The van der Waals surface area contributed by atoms with Gasteiger partial charge >= 0.3 is 0 Å². The summed E-state index contributed by atoms with van der Waals surface area (Å²) in [6, 6.07) is 0. The van der Waals surface area contributed by atoms with E-state index in [0.717, 1.165) is 18.1 Å². The van der Waals surface area contributed by atoms with Gasteiger partial charge in [0.05, 0.1) is 5.75 Å². The zero-order chi connectivity index (χ0) is 8.53. The van der Waals surface area contributed by atoms with Crippen molar-refractivity contribution in [1.82, 2.24) is 5.32 Å². The molecule has 0 saturated heterocycles. The molecule has 1 N–H and O–H groups in total. The van der Waals surface area contributed by atoms with Gasteiger partial charge in [0.1, 0.15) is 0 Å². The molecule has 11 heavy (non-hydrogen) atoms. The standard InChI is InChI=1S/C7H13NOS2/c1-2-4-11-5-3-8-7(9)6-10/h2,10H,1,3-6H2,(H,8,9). The van der Waals surface area contributed by atoms with Crippen LogP contribution < -0.4 is 5.32 Å². The Labute approximate surface area is 77.2 Å². The lowest BCUT2D eigenvalue weighted by Crippen LogP contribution is -2.26. The zero-order valence-corrected chi connectivity index (χ0v) is 8.09. The summed E-state index contributed by atoms with van der Waals surface area (Å²) in [6.45, 7) is 4.31. The number of thiol groups is 1. The van der Waals surface area contributed by atoms with Crippen molar-refractivity contribution in [3.63, 3.8) is 0 Å². The number of rotatable bonds is 6. The number of carbonyl (C=O) groups excluding carboxylic acids is 1. The van der Waals surface area contributed by atoms with Gasteiger partial charge in [-0.1, -0.05) is 6.08 Å². The normalized spacial score (nSPS) is 9.18. The molecular weight excluding hydrogens is 178 g/mol. The van der Waals surface area contributed by atoms with E-state index in [1.54, 1.807) is 11.8 Å². The molecule has 0 unspecified atom stereocenters. The molecule has 0 aliphatic carbocycles. The third kappa shape index (κ3) is 7.81. The Balaban J connectivity index is 3.01. The molecule has 0 radical (unpaired) electrons. The molecule has 0 rings (SSSR count). The van der Waals surface area contributed by atoms with Gasteiger partial charge in [-0.25, -0.2) is 0 Å². The van der Waals surface area contributed by atoms with E-state index in [9.17, 15) is 4.79 Å². The largest absolute Gasteiger partial charge is 0.355 e. The first-order valence-corrected chi connectivity index (χ1v) is 5.16. The van der Waals surface area contributed by atoms with E-state index < -0.39 is 0 Å². The van der Waals surface area contributed by atoms with Crippen LogP contribution in [0, 0.1) is 0 Å². The summed E-state index contributed by atoms with van der Waals surface area (Å²) in [5.41, 5.74) is 0. The van der Waals surface area contributed by atoms with Gasteiger partial charge in [-0.05, 0) is 0 Å². The van der Waals surface area contributed by atoms with E-state index in [0.29, 0.717) is 0 Å². The lowest BCUT2D eigenvalue weighted by molar-refractivity contribution is -0.118. The molecular formula is C7H13NOS2. The lowest BCUT2D eigenvalue weighted by Gasteiger charge is -2.00. The molecule has 0 aromatic rings. The Morgan fingerprint density at radius 1 is 1.73 bits per heavy atom. The number of hydrogen-bond acceptors (Lipinski definition) is 3. The van der Waals surface area contributed by atoms with Crippen molar-refractivity contribution >= 4 is 30.3 Å². The van der Waals surface area contributed by atoms with Crippen LogP contribution in [0.1, 0.15) is 0 Å². The SMILES string of the molecule is C=CCSCCNC(=O)CS. The zero-order valence-electron chi connectivity index (χ0n) is 6.38. The number of carbonyl (C=O) groups is 1. The molecule has 0 aromatic heterocycles. The highest BCUT2D eigenvalue weighted by Gasteiger charge is 1.93. The predicted octanol–water partition coefficient (Wildman–Crippen LogP) is 0.952. The highest BCUT2D eigenvalue weighted by Crippen LogP contribution is 1.96. The highest BCUT2D eigenvalue weighted by molar-refractivity contribution is 7.99. The topological polar surface area (TPSA) is 29.1 Å². The van der Waals surface area contributed by atoms with Crippen LogP contribution in [0.3, 0.4) is 0 Å². The molecule has 0 aliphatic heterocycles. The summed E-state index contributed by atoms with van der Waals surface area (Å²) in [5, 5.41) is 2.72. The number of thioether (sulfide) groups is 1. The van der Waals surface area contributed by atoms with E-state index in [1.165, 1.54) is 0 Å². The molecule has 64 valence electrons. The van der Waals surface area contributed by atoms with E-state index >= 15 is 0 Å². The van der Waals surface area contributed by atoms with Gasteiger partial charge in [0, 0.05) is 18.1 Å². The minimum atomic E-state index is -0.00691. The summed E-state index contributed by atoms with van der Waals surface area (Å²) in [6.07, 6.45) is 1.85. The highest BCUT2D eigenvalue weighted by atomic mass is 32.2. The van der Waals surface area contributed by atoms with E-state index in [4.69, 9.17) is 0 Å². The molecule has 0 aliphatic rings. The smallest absolute Gasteiger partial charge is 0.229 e. The molecule has 0 spiro atoms. The Morgan fingerprint density at radius 2 is 2.45 bits per heavy atom. The van der Waals surface area contributed by atoms with Crippen LogP contribution >= 0.6 is 24.4 Å². The van der Waals surface area contributed by atoms with Gasteiger partial charge in [0.15, 0.2) is 0 Å². The molecule has 0 aromatic carbocycles. The molecule has 2 nitrogen and oxygen atoms in total. The van der Waals surface area contributed by atoms with Crippen LogP contribution in [0.15, 0.2) is 12.7 Å². The molecule has 0 saturated carbocycles. The predicted molar refractivity (Wildman–Crippen MR) is 54.4 cm³/mol. The van der Waals surface area contributed by atoms with Crippen molar-refractivity contribution in [3.05, 3.63) is 12.7 Å². The van der Waals surface area contributed by atoms with Crippen LogP contribution in [0.4, 0.5) is 0 Å². The van der Waals surface area contributed by atoms with Crippen molar-refractivity contribution in [2.75, 3.05) is 23.8 Å². The molecule has 0 atom stereocenters. The number of amides is 1. The van der Waals surface area contributed by atoms with Crippen molar-refractivity contribution in [2.45, 2.75) is 0 Å². The summed E-state index contributed by atoms with van der Waals surface area (Å²) in [5.74, 6) is 2.14. The Kier molecular flexibility index (Phi) is 7.95. The van der Waals surface area contributed by atoms with Crippen molar-refractivity contribution in [3.8, 4) is 0 Å². The molecule has 0 bridgehead atoms. The molecule has 1 amide bonds. The fraction of sp³-hybridized carbons (Fsp3) is 0.571. The Hall–Kier alpha value is -0.0900. The van der Waals surface area contributed by atoms with Gasteiger partial charge in [-0.2, -0.15) is 24.4 Å². The molecule has 4 heteroatoms. The van der Waals surface area contributed by atoms with Crippen molar-refractivity contribution < 1.29 is 4.79 Å². The Morgan fingerprint density at radius 3 is 3.00 bits per heavy atom. The van der Waals surface area contributed by atoms with Crippen LogP contribution in [-0.4, -0.2) is 29.7 Å². The van der Waals surface area contributed by atoms with Crippen LogP contribution in [0.5, 0.6) is 0 Å². The number of nitrogens with one attached hydrogen (secondary N) is 1. The quantitative estimate of drug-likeness (QED) is 0.372. The second-order valence-electron chi connectivity index (χ2n) is 1.87. The Bertz CT molecular complexity index is 128. The van der Waals surface area contributed by atoms with Gasteiger partial charge in [0.2, 0.25) is 5.91 Å². The molecule has 0 heterocycles. The first-order chi connectivity index (χ1) is 5.31. The van der Waals surface area contributed by atoms with E-state index in [-0.39, 0.29) is 11.7 Å². The maximum atomic E-state index is 10.6. The van der Waals surface area contributed by atoms with Crippen LogP contribution in [0.25, 0.3) is 0 Å². The maximum absolute atomic E-state index is 10.6. The van der Waals surface area contributed by atoms with Gasteiger partial charge in [-0.15, -0.1) is 6.58 Å². The monoisotopic (exact) mass is 191 g/mol. The fourth-order valence-electron chi connectivity index (χ4n) is 0.485. The average Bonchev–Trinajstić information content (AvgIpc) is 2.04. The van der Waals surface area contributed by atoms with E-state index in [1.807, 2.05) is 6.08 Å². The van der Waals surface area contributed by atoms with Gasteiger partial charge in [-0.3, -0.25) is 4.79 Å². The third-order valence-corrected chi connectivity index (χ3v) is 2.20. The first kappa shape index (κ1) is 10.9. The lowest BCUT2D eigenvalue weighted by atomic mass is 10.6. The third-order valence-electron chi connectivity index (χ3n) is 0.948. The minimum absolute atomic E-state index is 0.00691. The van der Waals surface area contributed by atoms with Crippen molar-refractivity contribution in [2.24, 2.45) is 0 Å². The minimum Gasteiger partial charge on any atom is -0.355 e. The average molecular weight is 191 g/mol. The number of hydrogen-bond donors (Lipinski definition) is 2. The van der Waals surface area contributed by atoms with E-state index in [2.05, 4.69) is 24.5 Å². The summed E-state index contributed by atoms with van der Waals surface area (Å²) in [4.78, 5) is 10.6. The summed E-state index contributed by atoms with van der Waals surface area (Å²) in [7, 11) is 0.